The maximum absolute atomic E-state index is 12.5. The van der Waals surface area contributed by atoms with Gasteiger partial charge in [0, 0.05) is 18.2 Å². The number of benzene rings is 4. The summed E-state index contributed by atoms with van der Waals surface area (Å²) >= 11 is 1.24. The van der Waals surface area contributed by atoms with Crippen LogP contribution < -0.4 is 15.9 Å². The Labute approximate surface area is 206 Å². The van der Waals surface area contributed by atoms with E-state index in [1.54, 1.807) is 6.07 Å². The number of nitrogens with two attached hydrogens (primary N) is 1. The molecule has 0 aliphatic heterocycles. The van der Waals surface area contributed by atoms with Crippen LogP contribution in [0.25, 0.3) is 10.8 Å². The van der Waals surface area contributed by atoms with Crippen LogP contribution >= 0.6 is 11.8 Å². The average molecular weight is 482 g/mol. The summed E-state index contributed by atoms with van der Waals surface area (Å²) in [6.07, 6.45) is 0.547. The smallest absolute Gasteiger partial charge is 0.234 e. The summed E-state index contributed by atoms with van der Waals surface area (Å²) < 4.78 is 7.28. The van der Waals surface area contributed by atoms with Crippen molar-refractivity contribution in [3.63, 3.8) is 0 Å². The quantitative estimate of drug-likeness (QED) is 0.232. The van der Waals surface area contributed by atoms with Crippen molar-refractivity contribution in [2.75, 3.05) is 16.9 Å². The van der Waals surface area contributed by atoms with E-state index in [-0.39, 0.29) is 11.7 Å². The molecule has 174 valence electrons. The van der Waals surface area contributed by atoms with Gasteiger partial charge in [0.2, 0.25) is 11.1 Å². The van der Waals surface area contributed by atoms with Crippen molar-refractivity contribution in [2.45, 2.75) is 11.6 Å². The van der Waals surface area contributed by atoms with Crippen molar-refractivity contribution in [1.82, 2.24) is 14.9 Å². The average Bonchev–Trinajstić information content (AvgIpc) is 3.23. The van der Waals surface area contributed by atoms with Gasteiger partial charge in [0.1, 0.15) is 11.5 Å². The lowest BCUT2D eigenvalue weighted by atomic mass is 10.0. The van der Waals surface area contributed by atoms with Crippen LogP contribution in [0.1, 0.15) is 11.4 Å². The number of hydrogen-bond donors (Lipinski definition) is 2. The monoisotopic (exact) mass is 481 g/mol. The number of amides is 1. The molecular weight excluding hydrogens is 458 g/mol. The van der Waals surface area contributed by atoms with E-state index in [0.29, 0.717) is 28.8 Å². The molecule has 0 unspecified atom stereocenters. The highest BCUT2D eigenvalue weighted by Crippen LogP contribution is 2.25. The first-order valence-electron chi connectivity index (χ1n) is 11.1. The van der Waals surface area contributed by atoms with E-state index < -0.39 is 0 Å². The largest absolute Gasteiger partial charge is 0.457 e. The van der Waals surface area contributed by atoms with Crippen LogP contribution in [0.2, 0.25) is 0 Å². The fourth-order valence-corrected chi connectivity index (χ4v) is 4.41. The Balaban J connectivity index is 1.20. The highest BCUT2D eigenvalue weighted by molar-refractivity contribution is 7.99. The summed E-state index contributed by atoms with van der Waals surface area (Å²) in [6.45, 7) is 0. The molecule has 1 amide bonds. The number of fused-ring (bicyclic) bond motifs is 1. The molecule has 5 aromatic rings. The zero-order chi connectivity index (χ0) is 24.0. The minimum atomic E-state index is -0.175. The normalized spacial score (nSPS) is 10.9. The number of hydrogen-bond acceptors (Lipinski definition) is 6. The van der Waals surface area contributed by atoms with E-state index in [4.69, 9.17) is 10.6 Å². The number of carbonyl (C=O) groups excluding carboxylic acids is 1. The minimum absolute atomic E-state index is 0.146. The molecule has 0 saturated heterocycles. The van der Waals surface area contributed by atoms with Crippen LogP contribution in [-0.2, 0) is 11.2 Å². The summed E-state index contributed by atoms with van der Waals surface area (Å²) in [6, 6.07) is 31.1. The standard InChI is InChI=1S/C27H23N5O2S/c28-32-25(16-20-10-6-9-19-8-4-5-15-24(19)20)30-31-27(32)35-18-26(33)29-21-11-7-14-23(17-21)34-22-12-2-1-3-13-22/h1-15,17H,16,18,28H2,(H,29,33). The summed E-state index contributed by atoms with van der Waals surface area (Å²) in [5.74, 6) is 8.22. The molecule has 0 spiro atoms. The first-order chi connectivity index (χ1) is 17.2. The van der Waals surface area contributed by atoms with Gasteiger partial charge >= 0.3 is 0 Å². The van der Waals surface area contributed by atoms with E-state index in [9.17, 15) is 4.79 Å². The van der Waals surface area contributed by atoms with Gasteiger partial charge in [0.05, 0.1) is 5.75 Å². The Hall–Kier alpha value is -4.30. The number of rotatable bonds is 8. The molecule has 8 heteroatoms. The molecule has 7 nitrogen and oxygen atoms in total. The first kappa shape index (κ1) is 22.5. The summed E-state index contributed by atoms with van der Waals surface area (Å²) in [5.41, 5.74) is 1.77. The maximum Gasteiger partial charge on any atom is 0.234 e. The molecule has 1 aromatic heterocycles. The van der Waals surface area contributed by atoms with Crippen LogP contribution in [0, 0.1) is 0 Å². The first-order valence-corrected chi connectivity index (χ1v) is 12.1. The summed E-state index contributed by atoms with van der Waals surface area (Å²) in [4.78, 5) is 12.5. The molecule has 0 aliphatic rings. The number of nitrogens with one attached hydrogen (secondary N) is 1. The predicted molar refractivity (Wildman–Crippen MR) is 139 cm³/mol. The summed E-state index contributed by atoms with van der Waals surface area (Å²) in [5, 5.41) is 14.1. The topological polar surface area (TPSA) is 95.1 Å². The van der Waals surface area contributed by atoms with Crippen molar-refractivity contribution >= 4 is 34.1 Å². The molecule has 0 aliphatic carbocycles. The van der Waals surface area contributed by atoms with E-state index in [1.165, 1.54) is 16.4 Å². The number of ether oxygens (including phenoxy) is 1. The molecular formula is C27H23N5O2S. The molecule has 0 atom stereocenters. The molecule has 3 N–H and O–H groups in total. The molecule has 0 fully saturated rings. The zero-order valence-electron chi connectivity index (χ0n) is 18.8. The van der Waals surface area contributed by atoms with E-state index >= 15 is 0 Å². The summed E-state index contributed by atoms with van der Waals surface area (Å²) in [7, 11) is 0. The van der Waals surface area contributed by atoms with Crippen LogP contribution in [0.15, 0.2) is 102 Å². The molecule has 4 aromatic carbocycles. The van der Waals surface area contributed by atoms with Gasteiger partial charge in [0.15, 0.2) is 5.82 Å². The Morgan fingerprint density at radius 3 is 2.51 bits per heavy atom. The van der Waals surface area contributed by atoms with Crippen LogP contribution in [0.3, 0.4) is 0 Å². The molecule has 5 rings (SSSR count). The number of para-hydroxylation sites is 1. The highest BCUT2D eigenvalue weighted by atomic mass is 32.2. The van der Waals surface area contributed by atoms with Gasteiger partial charge < -0.3 is 15.9 Å². The van der Waals surface area contributed by atoms with Crippen LogP contribution in [0.5, 0.6) is 11.5 Å². The van der Waals surface area contributed by atoms with E-state index in [1.807, 2.05) is 66.7 Å². The van der Waals surface area contributed by atoms with Gasteiger partial charge in [-0.15, -0.1) is 10.2 Å². The Kier molecular flexibility index (Phi) is 6.63. The van der Waals surface area contributed by atoms with Gasteiger partial charge in [-0.25, -0.2) is 4.68 Å². The van der Waals surface area contributed by atoms with Crippen LogP contribution in [-0.4, -0.2) is 26.5 Å². The van der Waals surface area contributed by atoms with Gasteiger partial charge in [-0.1, -0.05) is 78.5 Å². The fraction of sp³-hybridized carbons (Fsp3) is 0.0741. The predicted octanol–water partition coefficient (Wildman–Crippen LogP) is 5.26. The SMILES string of the molecule is Nn1c(Cc2cccc3ccccc23)nnc1SCC(=O)Nc1cccc(Oc2ccccc2)c1. The lowest BCUT2D eigenvalue weighted by Gasteiger charge is -2.09. The van der Waals surface area contributed by atoms with Gasteiger partial charge in [-0.3, -0.25) is 4.79 Å². The fourth-order valence-electron chi connectivity index (χ4n) is 3.73. The minimum Gasteiger partial charge on any atom is -0.457 e. The second kappa shape index (κ2) is 10.3. The van der Waals surface area contributed by atoms with Crippen molar-refractivity contribution < 1.29 is 9.53 Å². The van der Waals surface area contributed by atoms with Gasteiger partial charge in [-0.05, 0) is 40.6 Å². The lowest BCUT2D eigenvalue weighted by Crippen LogP contribution is -2.17. The van der Waals surface area contributed by atoms with Crippen molar-refractivity contribution in [3.05, 3.63) is 108 Å². The third kappa shape index (κ3) is 5.44. The van der Waals surface area contributed by atoms with Crippen molar-refractivity contribution in [2.24, 2.45) is 0 Å². The van der Waals surface area contributed by atoms with Gasteiger partial charge in [0.25, 0.3) is 0 Å². The molecule has 0 saturated carbocycles. The number of anilines is 1. The zero-order valence-corrected chi connectivity index (χ0v) is 19.6. The lowest BCUT2D eigenvalue weighted by molar-refractivity contribution is -0.113. The molecule has 35 heavy (non-hydrogen) atoms. The maximum atomic E-state index is 12.5. The Bertz CT molecular complexity index is 1460. The highest BCUT2D eigenvalue weighted by Gasteiger charge is 2.14. The third-order valence-corrected chi connectivity index (χ3v) is 6.34. The second-order valence-corrected chi connectivity index (χ2v) is 8.81. The number of aromatic nitrogens is 3. The molecule has 1 heterocycles. The number of thioether (sulfide) groups is 1. The van der Waals surface area contributed by atoms with Gasteiger partial charge in [-0.2, -0.15) is 0 Å². The van der Waals surface area contributed by atoms with Crippen molar-refractivity contribution in [3.8, 4) is 11.5 Å². The Morgan fingerprint density at radius 2 is 1.63 bits per heavy atom. The Morgan fingerprint density at radius 1 is 0.886 bits per heavy atom. The third-order valence-electron chi connectivity index (χ3n) is 5.39. The number of carbonyl (C=O) groups is 1. The van der Waals surface area contributed by atoms with Crippen molar-refractivity contribution in [1.29, 1.82) is 0 Å². The van der Waals surface area contributed by atoms with Crippen LogP contribution in [0.4, 0.5) is 5.69 Å². The number of nitrogen functional groups attached to an aromatic ring is 1. The van der Waals surface area contributed by atoms with E-state index in [2.05, 4.69) is 39.8 Å². The number of nitrogens with zero attached hydrogens (tertiary/aromatic N) is 3. The molecule has 0 radical (unpaired) electrons. The van der Waals surface area contributed by atoms with E-state index in [0.717, 1.165) is 22.1 Å². The second-order valence-electron chi connectivity index (χ2n) is 7.86. The molecule has 0 bridgehead atoms.